The van der Waals surface area contributed by atoms with Crippen LogP contribution in [0.5, 0.6) is 0 Å². The first kappa shape index (κ1) is 25.9. The number of halogens is 1. The van der Waals surface area contributed by atoms with Gasteiger partial charge in [0.1, 0.15) is 5.82 Å². The molecule has 2 N–H and O–H groups in total. The van der Waals surface area contributed by atoms with E-state index in [-0.39, 0.29) is 24.0 Å². The maximum absolute atomic E-state index is 4.70. The largest absolute Gasteiger partial charge is 0.356 e. The second kappa shape index (κ2) is 12.6. The number of aryl methyl sites for hydroxylation is 1. The summed E-state index contributed by atoms with van der Waals surface area (Å²) in [6, 6.07) is 6.77. The van der Waals surface area contributed by atoms with Crippen LogP contribution in [0.4, 0.5) is 5.82 Å². The minimum Gasteiger partial charge on any atom is -0.356 e. The van der Waals surface area contributed by atoms with Crippen molar-refractivity contribution in [1.29, 1.82) is 0 Å². The molecular weight excluding hydrogens is 531 g/mol. The lowest BCUT2D eigenvalue weighted by Crippen LogP contribution is -2.60. The van der Waals surface area contributed by atoms with E-state index in [0.29, 0.717) is 11.6 Å². The summed E-state index contributed by atoms with van der Waals surface area (Å²) in [7, 11) is 1.91. The molecule has 0 unspecified atom stereocenters. The lowest BCUT2D eigenvalue weighted by atomic mass is 9.80. The average molecular weight is 573 g/mol. The normalized spacial score (nSPS) is 22.8. The van der Waals surface area contributed by atoms with Crippen molar-refractivity contribution in [3.63, 3.8) is 0 Å². The van der Waals surface area contributed by atoms with Crippen LogP contribution in [0.25, 0.3) is 0 Å². The Morgan fingerprint density at radius 3 is 2.50 bits per heavy atom. The third kappa shape index (κ3) is 6.65. The minimum absolute atomic E-state index is 0. The van der Waals surface area contributed by atoms with Crippen LogP contribution in [0.2, 0.25) is 0 Å². The fraction of sp³-hybridized carbons (Fsp3) is 0.750. The highest BCUT2D eigenvalue weighted by molar-refractivity contribution is 14.0. The highest BCUT2D eigenvalue weighted by Gasteiger charge is 2.38. The average Bonchev–Trinajstić information content (AvgIpc) is 2.83. The van der Waals surface area contributed by atoms with Gasteiger partial charge in [-0.2, -0.15) is 11.8 Å². The van der Waals surface area contributed by atoms with Crippen LogP contribution < -0.4 is 15.5 Å². The third-order valence-corrected chi connectivity index (χ3v) is 8.25. The van der Waals surface area contributed by atoms with Crippen molar-refractivity contribution < 1.29 is 0 Å². The second-order valence-electron chi connectivity index (χ2n) is 9.35. The molecule has 0 atom stereocenters. The maximum Gasteiger partial charge on any atom is 0.191 e. The number of aliphatic imine (C=N–C) groups is 1. The molecular formula is C24H41IN6S. The molecule has 2 aliphatic heterocycles. The van der Waals surface area contributed by atoms with Gasteiger partial charge in [0.2, 0.25) is 0 Å². The quantitative estimate of drug-likeness (QED) is 0.317. The number of aromatic nitrogens is 1. The van der Waals surface area contributed by atoms with Crippen LogP contribution in [-0.4, -0.2) is 78.7 Å². The summed E-state index contributed by atoms with van der Waals surface area (Å²) in [6.45, 7) is 7.65. The fourth-order valence-corrected chi connectivity index (χ4v) is 6.35. The van der Waals surface area contributed by atoms with Gasteiger partial charge >= 0.3 is 0 Å². The molecule has 1 aromatic heterocycles. The van der Waals surface area contributed by atoms with E-state index in [4.69, 9.17) is 4.98 Å². The highest BCUT2D eigenvalue weighted by Crippen LogP contribution is 2.34. The molecule has 4 rings (SSSR count). The number of rotatable bonds is 5. The van der Waals surface area contributed by atoms with Crippen LogP contribution in [-0.2, 0) is 0 Å². The number of hydrogen-bond donors (Lipinski definition) is 2. The Balaban J connectivity index is 0.00000289. The van der Waals surface area contributed by atoms with Crippen molar-refractivity contribution in [2.75, 3.05) is 56.2 Å². The molecule has 1 saturated carbocycles. The number of guanidine groups is 1. The van der Waals surface area contributed by atoms with E-state index in [0.717, 1.165) is 49.9 Å². The molecule has 180 valence electrons. The zero-order chi connectivity index (χ0) is 21.5. The Hall–Kier alpha value is -0.740. The molecule has 3 heterocycles. The number of piperidine rings is 1. The molecule has 1 aromatic rings. The number of anilines is 1. The molecule has 32 heavy (non-hydrogen) atoms. The molecule has 0 bridgehead atoms. The standard InChI is InChI=1S/C24H40N6S.HI/c1-20-7-6-8-22(27-20)29-13-9-21(10-14-29)28-23(25-2)26-19-24(11-4-3-5-12-24)30-15-17-31-18-16-30;/h6-8,21H,3-5,9-19H2,1-2H3,(H2,25,26,28);1H. The first-order chi connectivity index (χ1) is 15.2. The zero-order valence-electron chi connectivity index (χ0n) is 19.8. The van der Waals surface area contributed by atoms with Gasteiger partial charge < -0.3 is 15.5 Å². The number of thioether (sulfide) groups is 1. The predicted molar refractivity (Wildman–Crippen MR) is 149 cm³/mol. The number of hydrogen-bond acceptors (Lipinski definition) is 5. The SMILES string of the molecule is CN=C(NCC1(N2CCSCC2)CCCCC1)NC1CCN(c2cccc(C)n2)CC1.I. The summed E-state index contributed by atoms with van der Waals surface area (Å²) >= 11 is 2.11. The summed E-state index contributed by atoms with van der Waals surface area (Å²) in [6.07, 6.45) is 9.00. The van der Waals surface area contributed by atoms with E-state index in [1.54, 1.807) is 0 Å². The van der Waals surface area contributed by atoms with Gasteiger partial charge in [-0.25, -0.2) is 4.98 Å². The van der Waals surface area contributed by atoms with Crippen LogP contribution in [0.3, 0.4) is 0 Å². The van der Waals surface area contributed by atoms with Crippen LogP contribution >= 0.6 is 35.7 Å². The van der Waals surface area contributed by atoms with Gasteiger partial charge in [-0.15, -0.1) is 24.0 Å². The van der Waals surface area contributed by atoms with Crippen molar-refractivity contribution in [2.24, 2.45) is 4.99 Å². The maximum atomic E-state index is 4.70. The monoisotopic (exact) mass is 572 g/mol. The van der Waals surface area contributed by atoms with Crippen molar-refractivity contribution in [1.82, 2.24) is 20.5 Å². The summed E-state index contributed by atoms with van der Waals surface area (Å²) in [5, 5.41) is 7.46. The van der Waals surface area contributed by atoms with Crippen LogP contribution in [0, 0.1) is 6.92 Å². The number of nitrogens with zero attached hydrogens (tertiary/aromatic N) is 4. The van der Waals surface area contributed by atoms with Gasteiger partial charge in [-0.05, 0) is 44.7 Å². The van der Waals surface area contributed by atoms with E-state index in [1.807, 2.05) is 7.05 Å². The smallest absolute Gasteiger partial charge is 0.191 e. The highest BCUT2D eigenvalue weighted by atomic mass is 127. The molecule has 8 heteroatoms. The Bertz CT molecular complexity index is 725. The fourth-order valence-electron chi connectivity index (χ4n) is 5.45. The molecule has 0 amide bonds. The Labute approximate surface area is 215 Å². The van der Waals surface area contributed by atoms with Gasteiger partial charge in [0.25, 0.3) is 0 Å². The Morgan fingerprint density at radius 1 is 1.12 bits per heavy atom. The van der Waals surface area contributed by atoms with Crippen molar-refractivity contribution >= 4 is 47.5 Å². The van der Waals surface area contributed by atoms with E-state index < -0.39 is 0 Å². The van der Waals surface area contributed by atoms with E-state index in [9.17, 15) is 0 Å². The third-order valence-electron chi connectivity index (χ3n) is 7.31. The minimum atomic E-state index is 0. The van der Waals surface area contributed by atoms with Gasteiger partial charge in [0.05, 0.1) is 0 Å². The molecule has 6 nitrogen and oxygen atoms in total. The molecule has 2 saturated heterocycles. The molecule has 3 aliphatic rings. The lowest BCUT2D eigenvalue weighted by Gasteiger charge is -2.48. The van der Waals surface area contributed by atoms with Crippen molar-refractivity contribution in [3.05, 3.63) is 23.9 Å². The topological polar surface area (TPSA) is 55.8 Å². The first-order valence-electron chi connectivity index (χ1n) is 12.2. The summed E-state index contributed by atoms with van der Waals surface area (Å²) < 4.78 is 0. The van der Waals surface area contributed by atoms with E-state index in [2.05, 4.69) is 62.3 Å². The van der Waals surface area contributed by atoms with Gasteiger partial charge in [0.15, 0.2) is 5.96 Å². The van der Waals surface area contributed by atoms with E-state index in [1.165, 1.54) is 56.7 Å². The van der Waals surface area contributed by atoms with Crippen molar-refractivity contribution in [3.8, 4) is 0 Å². The summed E-state index contributed by atoms with van der Waals surface area (Å²) in [5.41, 5.74) is 1.41. The van der Waals surface area contributed by atoms with E-state index >= 15 is 0 Å². The second-order valence-corrected chi connectivity index (χ2v) is 10.6. The van der Waals surface area contributed by atoms with Gasteiger partial charge in [-0.1, -0.05) is 25.3 Å². The first-order valence-corrected chi connectivity index (χ1v) is 13.3. The summed E-state index contributed by atoms with van der Waals surface area (Å²) in [5.74, 6) is 4.65. The zero-order valence-corrected chi connectivity index (χ0v) is 23.0. The van der Waals surface area contributed by atoms with Crippen LogP contribution in [0.15, 0.2) is 23.2 Å². The Morgan fingerprint density at radius 2 is 1.84 bits per heavy atom. The molecule has 3 fully saturated rings. The molecule has 0 spiro atoms. The number of nitrogens with one attached hydrogen (secondary N) is 2. The lowest BCUT2D eigenvalue weighted by molar-refractivity contribution is 0.0625. The molecule has 0 aromatic carbocycles. The van der Waals surface area contributed by atoms with Gasteiger partial charge in [-0.3, -0.25) is 9.89 Å². The molecule has 1 aliphatic carbocycles. The molecule has 0 radical (unpaired) electrons. The summed E-state index contributed by atoms with van der Waals surface area (Å²) in [4.78, 5) is 14.5. The predicted octanol–water partition coefficient (Wildman–Crippen LogP) is 3.89. The van der Waals surface area contributed by atoms with Gasteiger partial charge in [0, 0.05) is 68.6 Å². The Kier molecular flexibility index (Phi) is 10.2. The number of pyridine rings is 1. The van der Waals surface area contributed by atoms with Crippen molar-refractivity contribution in [2.45, 2.75) is 63.5 Å². The van der Waals surface area contributed by atoms with Crippen LogP contribution in [0.1, 0.15) is 50.6 Å².